The third-order valence-electron chi connectivity index (χ3n) is 3.22. The fourth-order valence-corrected chi connectivity index (χ4v) is 4.55. The molecule has 0 radical (unpaired) electrons. The Balaban J connectivity index is 2.15. The molecule has 0 unspecified atom stereocenters. The third-order valence-corrected chi connectivity index (χ3v) is 6.43. The zero-order valence-corrected chi connectivity index (χ0v) is 14.0. The molecule has 0 amide bonds. The van der Waals surface area contributed by atoms with Gasteiger partial charge in [-0.05, 0) is 24.5 Å². The number of hydrogen-bond donors (Lipinski definition) is 1. The van der Waals surface area contributed by atoms with Gasteiger partial charge in [0, 0.05) is 17.1 Å². The standard InChI is InChI=1S/C13H20N4O2S2/c1-4-11-5-6-13(20-11)21(18,19)15-12(10(2)3)9-17-8-7-14-16-17/h5-8,10,12,15H,4,9H2,1-3H3/t12-/m0/s1. The van der Waals surface area contributed by atoms with Crippen molar-refractivity contribution in [2.24, 2.45) is 5.92 Å². The topological polar surface area (TPSA) is 76.9 Å². The first-order chi connectivity index (χ1) is 9.92. The summed E-state index contributed by atoms with van der Waals surface area (Å²) in [6.45, 7) is 6.44. The van der Waals surface area contributed by atoms with Crippen LogP contribution in [0.15, 0.2) is 28.7 Å². The summed E-state index contributed by atoms with van der Waals surface area (Å²) in [4.78, 5) is 1.06. The van der Waals surface area contributed by atoms with Gasteiger partial charge in [-0.3, -0.25) is 4.68 Å². The van der Waals surface area contributed by atoms with Gasteiger partial charge in [-0.25, -0.2) is 13.1 Å². The van der Waals surface area contributed by atoms with E-state index in [4.69, 9.17) is 0 Å². The lowest BCUT2D eigenvalue weighted by atomic mass is 10.1. The van der Waals surface area contributed by atoms with Crippen LogP contribution in [0.5, 0.6) is 0 Å². The van der Waals surface area contributed by atoms with Crippen LogP contribution in [-0.2, 0) is 23.0 Å². The average Bonchev–Trinajstić information content (AvgIpc) is 3.08. The minimum absolute atomic E-state index is 0.148. The highest BCUT2D eigenvalue weighted by atomic mass is 32.2. The van der Waals surface area contributed by atoms with E-state index in [0.29, 0.717) is 10.8 Å². The summed E-state index contributed by atoms with van der Waals surface area (Å²) in [5.41, 5.74) is 0. The Bertz CT molecular complexity index is 662. The summed E-state index contributed by atoms with van der Waals surface area (Å²) in [5.74, 6) is 0.148. The molecule has 0 bridgehead atoms. The Morgan fingerprint density at radius 2 is 2.14 bits per heavy atom. The van der Waals surface area contributed by atoms with Gasteiger partial charge in [0.15, 0.2) is 0 Å². The number of aryl methyl sites for hydroxylation is 1. The lowest BCUT2D eigenvalue weighted by Crippen LogP contribution is -2.41. The Labute approximate surface area is 129 Å². The minimum atomic E-state index is -3.49. The quantitative estimate of drug-likeness (QED) is 0.842. The molecule has 0 spiro atoms. The Hall–Kier alpha value is -1.25. The second kappa shape index (κ2) is 6.67. The van der Waals surface area contributed by atoms with Crippen molar-refractivity contribution in [3.63, 3.8) is 0 Å². The van der Waals surface area contributed by atoms with Crippen LogP contribution in [0.4, 0.5) is 0 Å². The maximum absolute atomic E-state index is 12.5. The molecule has 8 heteroatoms. The molecule has 21 heavy (non-hydrogen) atoms. The number of aromatic nitrogens is 3. The van der Waals surface area contributed by atoms with Crippen molar-refractivity contribution < 1.29 is 8.42 Å². The van der Waals surface area contributed by atoms with Crippen LogP contribution >= 0.6 is 11.3 Å². The molecule has 1 atom stereocenters. The SMILES string of the molecule is CCc1ccc(S(=O)(=O)N[C@@H](Cn2ccnn2)C(C)C)s1. The molecule has 0 aliphatic rings. The Morgan fingerprint density at radius 1 is 1.38 bits per heavy atom. The molecule has 2 heterocycles. The second-order valence-corrected chi connectivity index (χ2v) is 8.28. The Morgan fingerprint density at radius 3 is 2.67 bits per heavy atom. The van der Waals surface area contributed by atoms with E-state index >= 15 is 0 Å². The summed E-state index contributed by atoms with van der Waals surface area (Å²) < 4.78 is 29.7. The van der Waals surface area contributed by atoms with E-state index in [1.54, 1.807) is 23.1 Å². The lowest BCUT2D eigenvalue weighted by Gasteiger charge is -2.21. The molecule has 0 aliphatic carbocycles. The summed E-state index contributed by atoms with van der Waals surface area (Å²) in [6.07, 6.45) is 4.15. The van der Waals surface area contributed by atoms with Crippen LogP contribution in [0.1, 0.15) is 25.6 Å². The normalized spacial score (nSPS) is 13.7. The highest BCUT2D eigenvalue weighted by Crippen LogP contribution is 2.22. The molecule has 0 saturated heterocycles. The summed E-state index contributed by atoms with van der Waals surface area (Å²) in [7, 11) is -3.49. The predicted octanol–water partition coefficient (Wildman–Crippen LogP) is 1.91. The van der Waals surface area contributed by atoms with E-state index in [0.717, 1.165) is 11.3 Å². The van der Waals surface area contributed by atoms with Gasteiger partial charge in [-0.2, -0.15) is 0 Å². The first-order valence-electron chi connectivity index (χ1n) is 6.87. The van der Waals surface area contributed by atoms with Crippen LogP contribution in [-0.4, -0.2) is 29.5 Å². The number of sulfonamides is 1. The molecule has 2 aromatic rings. The molecule has 6 nitrogen and oxygen atoms in total. The minimum Gasteiger partial charge on any atom is -0.251 e. The van der Waals surface area contributed by atoms with Crippen LogP contribution in [0.25, 0.3) is 0 Å². The van der Waals surface area contributed by atoms with Crippen molar-refractivity contribution in [3.05, 3.63) is 29.4 Å². The van der Waals surface area contributed by atoms with Gasteiger partial charge in [0.05, 0.1) is 12.7 Å². The highest BCUT2D eigenvalue weighted by Gasteiger charge is 2.24. The first kappa shape index (κ1) is 16.1. The number of hydrogen-bond acceptors (Lipinski definition) is 5. The molecule has 116 valence electrons. The van der Waals surface area contributed by atoms with Crippen molar-refractivity contribution in [2.75, 3.05) is 0 Å². The van der Waals surface area contributed by atoms with E-state index < -0.39 is 10.0 Å². The van der Waals surface area contributed by atoms with Crippen LogP contribution in [0.3, 0.4) is 0 Å². The summed E-state index contributed by atoms with van der Waals surface area (Å²) in [6, 6.07) is 3.29. The van der Waals surface area contributed by atoms with Gasteiger partial charge in [0.1, 0.15) is 4.21 Å². The second-order valence-electron chi connectivity index (χ2n) is 5.17. The van der Waals surface area contributed by atoms with Gasteiger partial charge >= 0.3 is 0 Å². The zero-order valence-electron chi connectivity index (χ0n) is 12.4. The average molecular weight is 328 g/mol. The molecule has 0 aromatic carbocycles. The van der Waals surface area contributed by atoms with Crippen molar-refractivity contribution in [1.29, 1.82) is 0 Å². The highest BCUT2D eigenvalue weighted by molar-refractivity contribution is 7.91. The largest absolute Gasteiger partial charge is 0.251 e. The number of nitrogens with one attached hydrogen (secondary N) is 1. The molecule has 0 fully saturated rings. The third kappa shape index (κ3) is 4.12. The van der Waals surface area contributed by atoms with E-state index in [1.807, 2.05) is 26.8 Å². The number of nitrogens with zero attached hydrogens (tertiary/aromatic N) is 3. The Kier molecular flexibility index (Phi) is 5.13. The van der Waals surface area contributed by atoms with Gasteiger partial charge in [-0.1, -0.05) is 26.0 Å². The van der Waals surface area contributed by atoms with Crippen molar-refractivity contribution in [1.82, 2.24) is 19.7 Å². The lowest BCUT2D eigenvalue weighted by molar-refractivity contribution is 0.379. The monoisotopic (exact) mass is 328 g/mol. The predicted molar refractivity (Wildman–Crippen MR) is 82.7 cm³/mol. The molecule has 0 aliphatic heterocycles. The number of rotatable bonds is 7. The summed E-state index contributed by atoms with van der Waals surface area (Å²) in [5, 5.41) is 7.63. The fraction of sp³-hybridized carbons (Fsp3) is 0.538. The van der Waals surface area contributed by atoms with E-state index in [9.17, 15) is 8.42 Å². The maximum atomic E-state index is 12.5. The zero-order chi connectivity index (χ0) is 15.5. The molecule has 2 rings (SSSR count). The van der Waals surface area contributed by atoms with Gasteiger partial charge < -0.3 is 0 Å². The number of thiophene rings is 1. The van der Waals surface area contributed by atoms with E-state index in [2.05, 4.69) is 15.0 Å². The molecular formula is C13H20N4O2S2. The van der Waals surface area contributed by atoms with Gasteiger partial charge in [-0.15, -0.1) is 16.4 Å². The molecule has 1 N–H and O–H groups in total. The van der Waals surface area contributed by atoms with Crippen molar-refractivity contribution in [3.8, 4) is 0 Å². The fourth-order valence-electron chi connectivity index (χ4n) is 1.87. The molecular weight excluding hydrogens is 308 g/mol. The van der Waals surface area contributed by atoms with Crippen molar-refractivity contribution >= 4 is 21.4 Å². The van der Waals surface area contributed by atoms with Gasteiger partial charge in [0.2, 0.25) is 10.0 Å². The van der Waals surface area contributed by atoms with Crippen LogP contribution in [0, 0.1) is 5.92 Å². The first-order valence-corrected chi connectivity index (χ1v) is 9.17. The van der Waals surface area contributed by atoms with Crippen LogP contribution < -0.4 is 4.72 Å². The van der Waals surface area contributed by atoms with Gasteiger partial charge in [0.25, 0.3) is 0 Å². The molecule has 0 saturated carbocycles. The summed E-state index contributed by atoms with van der Waals surface area (Å²) >= 11 is 1.32. The van der Waals surface area contributed by atoms with E-state index in [1.165, 1.54) is 11.3 Å². The smallest absolute Gasteiger partial charge is 0.250 e. The molecule has 2 aromatic heterocycles. The van der Waals surface area contributed by atoms with Crippen LogP contribution in [0.2, 0.25) is 0 Å². The van der Waals surface area contributed by atoms with E-state index in [-0.39, 0.29) is 12.0 Å². The maximum Gasteiger partial charge on any atom is 0.250 e. The van der Waals surface area contributed by atoms with Crippen molar-refractivity contribution in [2.45, 2.75) is 44.0 Å².